The van der Waals surface area contributed by atoms with E-state index in [2.05, 4.69) is 31.3 Å². The predicted octanol–water partition coefficient (Wildman–Crippen LogP) is 3.16. The number of rotatable bonds is 9. The standard InChI is InChI=1S/C15H25NO2/c1-4-9-17-10-11-18-14-8-6-7-13(12-14)15(5-2)16-3/h6-8,12,15-16H,4-5,9-11H2,1-3H3. The van der Waals surface area contributed by atoms with Crippen molar-refractivity contribution >= 4 is 0 Å². The largest absolute Gasteiger partial charge is 0.491 e. The summed E-state index contributed by atoms with van der Waals surface area (Å²) in [6.07, 6.45) is 2.12. The molecule has 102 valence electrons. The summed E-state index contributed by atoms with van der Waals surface area (Å²) in [6.45, 7) is 6.35. The van der Waals surface area contributed by atoms with Gasteiger partial charge in [-0.15, -0.1) is 0 Å². The molecule has 1 aromatic rings. The Morgan fingerprint density at radius 1 is 1.17 bits per heavy atom. The molecule has 1 rings (SSSR count). The van der Waals surface area contributed by atoms with Gasteiger partial charge in [-0.3, -0.25) is 0 Å². The van der Waals surface area contributed by atoms with Crippen molar-refractivity contribution in [3.63, 3.8) is 0 Å². The van der Waals surface area contributed by atoms with Gasteiger partial charge in [-0.05, 0) is 37.6 Å². The summed E-state index contributed by atoms with van der Waals surface area (Å²) in [6, 6.07) is 8.66. The Morgan fingerprint density at radius 2 is 2.00 bits per heavy atom. The number of benzene rings is 1. The molecule has 0 bridgehead atoms. The highest BCUT2D eigenvalue weighted by Crippen LogP contribution is 2.21. The minimum atomic E-state index is 0.393. The lowest BCUT2D eigenvalue weighted by atomic mass is 10.0. The van der Waals surface area contributed by atoms with Crippen LogP contribution in [-0.2, 0) is 4.74 Å². The van der Waals surface area contributed by atoms with Crippen molar-refractivity contribution in [1.29, 1.82) is 0 Å². The molecule has 0 saturated heterocycles. The summed E-state index contributed by atoms with van der Waals surface area (Å²) in [7, 11) is 1.99. The van der Waals surface area contributed by atoms with E-state index in [4.69, 9.17) is 9.47 Å². The first-order valence-corrected chi connectivity index (χ1v) is 6.79. The van der Waals surface area contributed by atoms with Gasteiger partial charge in [-0.25, -0.2) is 0 Å². The maximum atomic E-state index is 5.68. The van der Waals surface area contributed by atoms with Crippen molar-refractivity contribution in [3.8, 4) is 5.75 Å². The van der Waals surface area contributed by atoms with Gasteiger partial charge in [0, 0.05) is 12.6 Å². The molecule has 0 radical (unpaired) electrons. The molecule has 0 heterocycles. The van der Waals surface area contributed by atoms with Crippen molar-refractivity contribution in [2.45, 2.75) is 32.7 Å². The van der Waals surface area contributed by atoms with E-state index in [1.807, 2.05) is 19.2 Å². The highest BCUT2D eigenvalue weighted by molar-refractivity contribution is 5.30. The minimum Gasteiger partial charge on any atom is -0.491 e. The van der Waals surface area contributed by atoms with Crippen molar-refractivity contribution in [3.05, 3.63) is 29.8 Å². The monoisotopic (exact) mass is 251 g/mol. The van der Waals surface area contributed by atoms with Crippen molar-refractivity contribution in [2.75, 3.05) is 26.9 Å². The van der Waals surface area contributed by atoms with Crippen LogP contribution in [0.1, 0.15) is 38.3 Å². The van der Waals surface area contributed by atoms with Crippen LogP contribution in [0.2, 0.25) is 0 Å². The first kappa shape index (κ1) is 15.0. The van der Waals surface area contributed by atoms with Crippen LogP contribution in [0.15, 0.2) is 24.3 Å². The third-order valence-electron chi connectivity index (χ3n) is 2.86. The molecule has 0 aromatic heterocycles. The highest BCUT2D eigenvalue weighted by Gasteiger charge is 2.06. The quantitative estimate of drug-likeness (QED) is 0.684. The smallest absolute Gasteiger partial charge is 0.119 e. The van der Waals surface area contributed by atoms with Gasteiger partial charge in [0.1, 0.15) is 12.4 Å². The zero-order valence-electron chi connectivity index (χ0n) is 11.7. The SMILES string of the molecule is CCCOCCOc1cccc(C(CC)NC)c1. The molecule has 0 spiro atoms. The average molecular weight is 251 g/mol. The number of nitrogens with one attached hydrogen (secondary N) is 1. The minimum absolute atomic E-state index is 0.393. The van der Waals surface area contributed by atoms with Crippen molar-refractivity contribution in [1.82, 2.24) is 5.32 Å². The Labute approximate surface area is 110 Å². The van der Waals surface area contributed by atoms with Crippen molar-refractivity contribution < 1.29 is 9.47 Å². The Kier molecular flexibility index (Phi) is 7.46. The Bertz CT molecular complexity index is 324. The van der Waals surface area contributed by atoms with E-state index >= 15 is 0 Å². The maximum Gasteiger partial charge on any atom is 0.119 e. The highest BCUT2D eigenvalue weighted by atomic mass is 16.5. The molecule has 0 aliphatic rings. The van der Waals surface area contributed by atoms with Gasteiger partial charge in [-0.1, -0.05) is 26.0 Å². The molecule has 0 fully saturated rings. The van der Waals surface area contributed by atoms with Crippen LogP contribution in [-0.4, -0.2) is 26.9 Å². The van der Waals surface area contributed by atoms with Crippen LogP contribution in [0, 0.1) is 0 Å². The average Bonchev–Trinajstić information content (AvgIpc) is 2.40. The molecule has 1 atom stereocenters. The molecular weight excluding hydrogens is 226 g/mol. The molecule has 0 amide bonds. The summed E-state index contributed by atoms with van der Waals surface area (Å²) in [4.78, 5) is 0. The van der Waals surface area contributed by atoms with E-state index in [-0.39, 0.29) is 0 Å². The fourth-order valence-electron chi connectivity index (χ4n) is 1.89. The normalized spacial score (nSPS) is 12.4. The number of hydrogen-bond acceptors (Lipinski definition) is 3. The van der Waals surface area contributed by atoms with E-state index in [0.717, 1.165) is 25.2 Å². The Balaban J connectivity index is 2.44. The zero-order chi connectivity index (χ0) is 13.2. The lowest BCUT2D eigenvalue weighted by Crippen LogP contribution is -2.15. The third kappa shape index (κ3) is 5.07. The van der Waals surface area contributed by atoms with Crippen LogP contribution < -0.4 is 10.1 Å². The van der Waals surface area contributed by atoms with Gasteiger partial charge < -0.3 is 14.8 Å². The molecule has 0 aliphatic heterocycles. The molecule has 0 saturated carbocycles. The van der Waals surface area contributed by atoms with Gasteiger partial charge in [-0.2, -0.15) is 0 Å². The second kappa shape index (κ2) is 8.95. The topological polar surface area (TPSA) is 30.5 Å². The second-order valence-electron chi connectivity index (χ2n) is 4.28. The first-order valence-electron chi connectivity index (χ1n) is 6.79. The maximum absolute atomic E-state index is 5.68. The molecule has 3 heteroatoms. The van der Waals surface area contributed by atoms with Crippen LogP contribution >= 0.6 is 0 Å². The molecule has 18 heavy (non-hydrogen) atoms. The van der Waals surface area contributed by atoms with Crippen LogP contribution in [0.3, 0.4) is 0 Å². The Morgan fingerprint density at radius 3 is 2.67 bits per heavy atom. The van der Waals surface area contributed by atoms with Gasteiger partial charge in [0.25, 0.3) is 0 Å². The molecule has 1 unspecified atom stereocenters. The summed E-state index contributed by atoms with van der Waals surface area (Å²) >= 11 is 0. The van der Waals surface area contributed by atoms with Crippen LogP contribution in [0.5, 0.6) is 5.75 Å². The predicted molar refractivity (Wildman–Crippen MR) is 75.1 cm³/mol. The van der Waals surface area contributed by atoms with Crippen molar-refractivity contribution in [2.24, 2.45) is 0 Å². The first-order chi connectivity index (χ1) is 8.81. The summed E-state index contributed by atoms with van der Waals surface area (Å²) < 4.78 is 11.1. The van der Waals surface area contributed by atoms with E-state index in [0.29, 0.717) is 19.3 Å². The molecule has 1 aromatic carbocycles. The summed E-state index contributed by atoms with van der Waals surface area (Å²) in [5.74, 6) is 0.918. The van der Waals surface area contributed by atoms with E-state index < -0.39 is 0 Å². The van der Waals surface area contributed by atoms with Gasteiger partial charge >= 0.3 is 0 Å². The Hall–Kier alpha value is -1.06. The van der Waals surface area contributed by atoms with Crippen LogP contribution in [0.25, 0.3) is 0 Å². The van der Waals surface area contributed by atoms with Gasteiger partial charge in [0.2, 0.25) is 0 Å². The molecule has 3 nitrogen and oxygen atoms in total. The fraction of sp³-hybridized carbons (Fsp3) is 0.600. The third-order valence-corrected chi connectivity index (χ3v) is 2.86. The lowest BCUT2D eigenvalue weighted by Gasteiger charge is -2.15. The zero-order valence-corrected chi connectivity index (χ0v) is 11.7. The number of hydrogen-bond donors (Lipinski definition) is 1. The van der Waals surface area contributed by atoms with E-state index in [9.17, 15) is 0 Å². The fourth-order valence-corrected chi connectivity index (χ4v) is 1.89. The molecule has 0 aliphatic carbocycles. The molecule has 1 N–H and O–H groups in total. The second-order valence-corrected chi connectivity index (χ2v) is 4.28. The van der Waals surface area contributed by atoms with Gasteiger partial charge in [0.05, 0.1) is 6.61 Å². The molecular formula is C15H25NO2. The van der Waals surface area contributed by atoms with E-state index in [1.165, 1.54) is 5.56 Å². The van der Waals surface area contributed by atoms with E-state index in [1.54, 1.807) is 0 Å². The lowest BCUT2D eigenvalue weighted by molar-refractivity contribution is 0.101. The van der Waals surface area contributed by atoms with Gasteiger partial charge in [0.15, 0.2) is 0 Å². The van der Waals surface area contributed by atoms with Crippen LogP contribution in [0.4, 0.5) is 0 Å². The summed E-state index contributed by atoms with van der Waals surface area (Å²) in [5, 5.41) is 3.30. The summed E-state index contributed by atoms with van der Waals surface area (Å²) in [5.41, 5.74) is 1.27. The number of ether oxygens (including phenoxy) is 2.